The quantitative estimate of drug-likeness (QED) is 0.682. The molecule has 2 atom stereocenters. The molecule has 1 nitrogen and oxygen atoms in total. The molecule has 0 bridgehead atoms. The van der Waals surface area contributed by atoms with Gasteiger partial charge in [-0.1, -0.05) is 32.4 Å². The van der Waals surface area contributed by atoms with Crippen molar-refractivity contribution < 1.29 is 4.74 Å². The molecule has 1 aliphatic carbocycles. The van der Waals surface area contributed by atoms with E-state index in [4.69, 9.17) is 4.74 Å². The smallest absolute Gasteiger partial charge is 0.123 e. The molecule has 86 valence electrons. The topological polar surface area (TPSA) is 9.23 Å². The van der Waals surface area contributed by atoms with Crippen molar-refractivity contribution in [2.24, 2.45) is 0 Å². The van der Waals surface area contributed by atoms with Crippen LogP contribution in [0.3, 0.4) is 0 Å². The summed E-state index contributed by atoms with van der Waals surface area (Å²) in [5.74, 6) is 2.46. The van der Waals surface area contributed by atoms with Crippen molar-refractivity contribution in [1.29, 1.82) is 0 Å². The highest BCUT2D eigenvalue weighted by Gasteiger charge is 2.37. The maximum atomic E-state index is 6.10. The van der Waals surface area contributed by atoms with E-state index in [0.717, 1.165) is 0 Å². The minimum atomic E-state index is 0.476. The van der Waals surface area contributed by atoms with E-state index in [1.54, 1.807) is 0 Å². The maximum absolute atomic E-state index is 6.10. The van der Waals surface area contributed by atoms with Gasteiger partial charge in [0.15, 0.2) is 0 Å². The molecule has 0 spiro atoms. The second kappa shape index (κ2) is 3.80. The van der Waals surface area contributed by atoms with Crippen LogP contribution in [0.15, 0.2) is 18.2 Å². The van der Waals surface area contributed by atoms with Gasteiger partial charge in [0.1, 0.15) is 11.9 Å². The number of hydrogen-bond acceptors (Lipinski definition) is 1. The predicted molar refractivity (Wildman–Crippen MR) is 66.2 cm³/mol. The molecule has 0 radical (unpaired) electrons. The predicted octanol–water partition coefficient (Wildman–Crippen LogP) is 4.23. The van der Waals surface area contributed by atoms with Gasteiger partial charge in [-0.2, -0.15) is 0 Å². The summed E-state index contributed by atoms with van der Waals surface area (Å²) >= 11 is 0. The Balaban J connectivity index is 2.06. The van der Waals surface area contributed by atoms with Crippen LogP contribution in [-0.2, 0) is 0 Å². The van der Waals surface area contributed by atoms with Crippen molar-refractivity contribution in [3.8, 4) is 5.75 Å². The zero-order valence-corrected chi connectivity index (χ0v) is 10.2. The van der Waals surface area contributed by atoms with Crippen LogP contribution in [0.1, 0.15) is 62.5 Å². The summed E-state index contributed by atoms with van der Waals surface area (Å²) in [5.41, 5.74) is 3.04. The summed E-state index contributed by atoms with van der Waals surface area (Å²) < 4.78 is 6.10. The van der Waals surface area contributed by atoms with Crippen LogP contribution in [-0.4, -0.2) is 6.10 Å². The highest BCUT2D eigenvalue weighted by Crippen LogP contribution is 2.48. The molecule has 2 unspecified atom stereocenters. The number of benzene rings is 1. The fourth-order valence-corrected chi connectivity index (χ4v) is 3.30. The van der Waals surface area contributed by atoms with E-state index < -0.39 is 0 Å². The molecule has 1 fully saturated rings. The Morgan fingerprint density at radius 2 is 2.00 bits per heavy atom. The van der Waals surface area contributed by atoms with Crippen LogP contribution in [0, 0.1) is 0 Å². The Labute approximate surface area is 97.8 Å². The lowest BCUT2D eigenvalue weighted by Crippen LogP contribution is -2.22. The molecule has 1 aromatic rings. The standard InChI is InChI=1S/C15H20O/c1-10(2)11-7-5-9-14-15(11)12-6-3-4-8-13(12)16-14/h5,7,9-10,12-13H,3-4,6,8H2,1-2H3. The van der Waals surface area contributed by atoms with Crippen molar-refractivity contribution in [3.63, 3.8) is 0 Å². The molecule has 0 aromatic heterocycles. The Morgan fingerprint density at radius 3 is 2.81 bits per heavy atom. The average molecular weight is 216 g/mol. The zero-order chi connectivity index (χ0) is 11.1. The largest absolute Gasteiger partial charge is 0.489 e. The Morgan fingerprint density at radius 1 is 1.19 bits per heavy atom. The molecule has 1 heterocycles. The molecule has 1 heteroatoms. The highest BCUT2D eigenvalue weighted by molar-refractivity contribution is 5.48. The third-order valence-electron chi connectivity index (χ3n) is 4.07. The van der Waals surface area contributed by atoms with Gasteiger partial charge in [0.2, 0.25) is 0 Å². The lowest BCUT2D eigenvalue weighted by atomic mass is 9.80. The molecule has 0 saturated heterocycles. The average Bonchev–Trinajstić information content (AvgIpc) is 2.66. The van der Waals surface area contributed by atoms with Crippen molar-refractivity contribution in [2.75, 3.05) is 0 Å². The van der Waals surface area contributed by atoms with Crippen LogP contribution < -0.4 is 4.74 Å². The molecule has 0 N–H and O–H groups in total. The molecular formula is C15H20O. The molecule has 2 aliphatic rings. The SMILES string of the molecule is CC(C)c1cccc2c1C1CCCCC1O2. The van der Waals surface area contributed by atoms with Crippen LogP contribution in [0.5, 0.6) is 5.75 Å². The normalized spacial score (nSPS) is 27.4. The summed E-state index contributed by atoms with van der Waals surface area (Å²) in [4.78, 5) is 0. The third-order valence-corrected chi connectivity index (χ3v) is 4.07. The Bertz CT molecular complexity index is 394. The van der Waals surface area contributed by atoms with E-state index in [9.17, 15) is 0 Å². The minimum Gasteiger partial charge on any atom is -0.489 e. The van der Waals surface area contributed by atoms with E-state index in [0.29, 0.717) is 17.9 Å². The fourth-order valence-electron chi connectivity index (χ4n) is 3.30. The first kappa shape index (κ1) is 10.2. The summed E-state index contributed by atoms with van der Waals surface area (Å²) in [6.07, 6.45) is 5.75. The van der Waals surface area contributed by atoms with Crippen LogP contribution in [0.25, 0.3) is 0 Å². The summed E-state index contributed by atoms with van der Waals surface area (Å²) in [6, 6.07) is 6.58. The molecule has 1 aromatic carbocycles. The molecule has 1 aliphatic heterocycles. The van der Waals surface area contributed by atoms with Gasteiger partial charge >= 0.3 is 0 Å². The first-order valence-corrected chi connectivity index (χ1v) is 6.57. The van der Waals surface area contributed by atoms with E-state index >= 15 is 0 Å². The van der Waals surface area contributed by atoms with E-state index in [1.807, 2.05) is 0 Å². The third kappa shape index (κ3) is 1.45. The molecule has 1 saturated carbocycles. The number of rotatable bonds is 1. The van der Waals surface area contributed by atoms with E-state index in [-0.39, 0.29) is 0 Å². The van der Waals surface area contributed by atoms with Gasteiger partial charge in [-0.3, -0.25) is 0 Å². The fraction of sp³-hybridized carbons (Fsp3) is 0.600. The summed E-state index contributed by atoms with van der Waals surface area (Å²) in [5, 5.41) is 0. The van der Waals surface area contributed by atoms with Gasteiger partial charge in [-0.15, -0.1) is 0 Å². The lowest BCUT2D eigenvalue weighted by Gasteiger charge is -2.25. The van der Waals surface area contributed by atoms with E-state index in [2.05, 4.69) is 32.0 Å². The first-order chi connectivity index (χ1) is 7.77. The van der Waals surface area contributed by atoms with Gasteiger partial charge in [0.25, 0.3) is 0 Å². The molecule has 16 heavy (non-hydrogen) atoms. The first-order valence-electron chi connectivity index (χ1n) is 6.57. The second-order valence-corrected chi connectivity index (χ2v) is 5.46. The zero-order valence-electron chi connectivity index (χ0n) is 10.2. The summed E-state index contributed by atoms with van der Waals surface area (Å²) in [7, 11) is 0. The van der Waals surface area contributed by atoms with Gasteiger partial charge in [-0.05, 0) is 36.8 Å². The van der Waals surface area contributed by atoms with Crippen LogP contribution >= 0.6 is 0 Å². The lowest BCUT2D eigenvalue weighted by molar-refractivity contribution is 0.164. The number of ether oxygens (including phenoxy) is 1. The molecule has 3 rings (SSSR count). The van der Waals surface area contributed by atoms with E-state index in [1.165, 1.54) is 42.6 Å². The molecular weight excluding hydrogens is 196 g/mol. The van der Waals surface area contributed by atoms with Crippen LogP contribution in [0.2, 0.25) is 0 Å². The van der Waals surface area contributed by atoms with Gasteiger partial charge in [0, 0.05) is 11.5 Å². The highest BCUT2D eigenvalue weighted by atomic mass is 16.5. The van der Waals surface area contributed by atoms with Gasteiger partial charge in [-0.25, -0.2) is 0 Å². The monoisotopic (exact) mass is 216 g/mol. The van der Waals surface area contributed by atoms with Crippen molar-refractivity contribution >= 4 is 0 Å². The van der Waals surface area contributed by atoms with Gasteiger partial charge in [0.05, 0.1) is 0 Å². The molecule has 0 amide bonds. The van der Waals surface area contributed by atoms with Crippen molar-refractivity contribution in [1.82, 2.24) is 0 Å². The Kier molecular flexibility index (Phi) is 2.42. The second-order valence-electron chi connectivity index (χ2n) is 5.46. The Hall–Kier alpha value is -0.980. The van der Waals surface area contributed by atoms with Crippen molar-refractivity contribution in [2.45, 2.75) is 57.5 Å². The number of hydrogen-bond donors (Lipinski definition) is 0. The van der Waals surface area contributed by atoms with Crippen LogP contribution in [0.4, 0.5) is 0 Å². The van der Waals surface area contributed by atoms with Gasteiger partial charge < -0.3 is 4.74 Å². The maximum Gasteiger partial charge on any atom is 0.123 e. The van der Waals surface area contributed by atoms with Crippen molar-refractivity contribution in [3.05, 3.63) is 29.3 Å². The number of fused-ring (bicyclic) bond motifs is 3. The minimum absolute atomic E-state index is 0.476. The summed E-state index contributed by atoms with van der Waals surface area (Å²) in [6.45, 7) is 4.57.